The smallest absolute Gasteiger partial charge is 0.0618 e. The van der Waals surface area contributed by atoms with Crippen LogP contribution in [0.4, 0.5) is 34.1 Å². The topological polar surface area (TPSA) is 6.48 Å². The molecule has 0 radical (unpaired) electrons. The number of hydrogen-bond acceptors (Lipinski definition) is 2. The number of anilines is 6. The van der Waals surface area contributed by atoms with Crippen molar-refractivity contribution in [3.63, 3.8) is 0 Å². The van der Waals surface area contributed by atoms with Gasteiger partial charge in [0.25, 0.3) is 0 Å². The van der Waals surface area contributed by atoms with Crippen molar-refractivity contribution >= 4 is 55.7 Å². The molecule has 0 amide bonds. The molecule has 10 aromatic rings. The SMILES string of the molecule is c1ccc(-c2ccc3ccccc3c2N(c2ccccc2)c2ccc(N(c3ccccc3)c3ccccc3)c3c(-c4ccccc4)ccc(-c4ccccc4)c23)cc1. The average molecular weight is 741 g/mol. The van der Waals surface area contributed by atoms with Crippen LogP contribution in [-0.2, 0) is 0 Å². The van der Waals surface area contributed by atoms with E-state index in [4.69, 9.17) is 0 Å². The van der Waals surface area contributed by atoms with E-state index in [9.17, 15) is 0 Å². The fraction of sp³-hybridized carbons (Fsp3) is 0. The van der Waals surface area contributed by atoms with Gasteiger partial charge < -0.3 is 9.80 Å². The minimum atomic E-state index is 1.08. The molecular weight excluding hydrogens is 701 g/mol. The Morgan fingerprint density at radius 2 is 0.586 bits per heavy atom. The van der Waals surface area contributed by atoms with Crippen molar-refractivity contribution in [2.24, 2.45) is 0 Å². The van der Waals surface area contributed by atoms with E-state index < -0.39 is 0 Å². The summed E-state index contributed by atoms with van der Waals surface area (Å²) in [7, 11) is 0. The van der Waals surface area contributed by atoms with Crippen molar-refractivity contribution in [2.75, 3.05) is 9.80 Å². The largest absolute Gasteiger partial charge is 0.310 e. The van der Waals surface area contributed by atoms with Crippen molar-refractivity contribution in [3.05, 3.63) is 243 Å². The lowest BCUT2D eigenvalue weighted by Gasteiger charge is -2.33. The Bertz CT molecular complexity index is 2930. The fourth-order valence-electron chi connectivity index (χ4n) is 8.44. The molecule has 0 bridgehead atoms. The van der Waals surface area contributed by atoms with Gasteiger partial charge in [-0.2, -0.15) is 0 Å². The highest BCUT2D eigenvalue weighted by molar-refractivity contribution is 6.20. The number of benzene rings is 10. The molecule has 0 unspecified atom stereocenters. The number of hydrogen-bond donors (Lipinski definition) is 0. The van der Waals surface area contributed by atoms with Gasteiger partial charge in [-0.15, -0.1) is 0 Å². The molecule has 0 heterocycles. The molecule has 0 saturated heterocycles. The molecule has 0 aliphatic rings. The summed E-state index contributed by atoms with van der Waals surface area (Å²) in [6, 6.07) is 87.5. The standard InChI is InChI=1S/C56H40N2/c1-7-21-41(22-8-1)48-37-38-49(42-23-9-2-10-24-42)55-53(40-39-52(54(48)55)57(45-28-13-4-14-29-45)46-30-15-5-16-31-46)58(47-32-17-6-18-33-47)56-50-34-20-19-27-44(50)35-36-51(56)43-25-11-3-12-26-43/h1-40H. The highest BCUT2D eigenvalue weighted by Crippen LogP contribution is 2.53. The van der Waals surface area contributed by atoms with E-state index in [1.807, 2.05) is 0 Å². The highest BCUT2D eigenvalue weighted by Gasteiger charge is 2.27. The van der Waals surface area contributed by atoms with Gasteiger partial charge in [0.1, 0.15) is 0 Å². The summed E-state index contributed by atoms with van der Waals surface area (Å²) in [5.74, 6) is 0. The zero-order chi connectivity index (χ0) is 38.7. The maximum Gasteiger partial charge on any atom is 0.0618 e. The van der Waals surface area contributed by atoms with E-state index in [1.54, 1.807) is 0 Å². The lowest BCUT2D eigenvalue weighted by Crippen LogP contribution is -2.15. The molecular formula is C56H40N2. The van der Waals surface area contributed by atoms with Crippen molar-refractivity contribution in [1.82, 2.24) is 0 Å². The van der Waals surface area contributed by atoms with Crippen LogP contribution in [0.5, 0.6) is 0 Å². The van der Waals surface area contributed by atoms with Gasteiger partial charge in [0.15, 0.2) is 0 Å². The molecule has 274 valence electrons. The zero-order valence-electron chi connectivity index (χ0n) is 32.0. The van der Waals surface area contributed by atoms with E-state index in [0.717, 1.165) is 67.3 Å². The van der Waals surface area contributed by atoms with Crippen LogP contribution in [0.25, 0.3) is 54.9 Å². The number of rotatable bonds is 9. The first-order valence-corrected chi connectivity index (χ1v) is 19.9. The van der Waals surface area contributed by atoms with Crippen molar-refractivity contribution in [3.8, 4) is 33.4 Å². The molecule has 2 nitrogen and oxygen atoms in total. The molecule has 10 aromatic carbocycles. The van der Waals surface area contributed by atoms with E-state index >= 15 is 0 Å². The summed E-state index contributed by atoms with van der Waals surface area (Å²) in [5.41, 5.74) is 13.6. The second kappa shape index (κ2) is 15.5. The molecule has 0 fully saturated rings. The molecule has 0 atom stereocenters. The Morgan fingerprint density at radius 1 is 0.241 bits per heavy atom. The first kappa shape index (κ1) is 34.8. The molecule has 0 aliphatic heterocycles. The Kier molecular flexibility index (Phi) is 9.27. The monoisotopic (exact) mass is 740 g/mol. The first-order chi connectivity index (χ1) is 28.8. The van der Waals surface area contributed by atoms with Crippen LogP contribution in [0.2, 0.25) is 0 Å². The number of para-hydroxylation sites is 3. The quantitative estimate of drug-likeness (QED) is 0.145. The summed E-state index contributed by atoms with van der Waals surface area (Å²) in [5, 5.41) is 4.70. The van der Waals surface area contributed by atoms with Crippen LogP contribution in [0.15, 0.2) is 243 Å². The summed E-state index contributed by atoms with van der Waals surface area (Å²) < 4.78 is 0. The maximum absolute atomic E-state index is 2.51. The minimum absolute atomic E-state index is 1.08. The predicted octanol–water partition coefficient (Wildman–Crippen LogP) is 15.9. The van der Waals surface area contributed by atoms with Gasteiger partial charge in [0.2, 0.25) is 0 Å². The maximum atomic E-state index is 2.51. The van der Waals surface area contributed by atoms with Gasteiger partial charge in [0, 0.05) is 38.8 Å². The van der Waals surface area contributed by atoms with Gasteiger partial charge >= 0.3 is 0 Å². The zero-order valence-corrected chi connectivity index (χ0v) is 32.0. The molecule has 0 aliphatic carbocycles. The highest BCUT2D eigenvalue weighted by atomic mass is 15.2. The second-order valence-electron chi connectivity index (χ2n) is 14.5. The van der Waals surface area contributed by atoms with Crippen molar-refractivity contribution in [1.29, 1.82) is 0 Å². The van der Waals surface area contributed by atoms with Crippen LogP contribution in [0.1, 0.15) is 0 Å². The third kappa shape index (κ3) is 6.37. The molecule has 0 aromatic heterocycles. The van der Waals surface area contributed by atoms with Crippen LogP contribution in [0.3, 0.4) is 0 Å². The van der Waals surface area contributed by atoms with Crippen molar-refractivity contribution in [2.45, 2.75) is 0 Å². The molecule has 10 rings (SSSR count). The summed E-state index contributed by atoms with van der Waals surface area (Å²) >= 11 is 0. The van der Waals surface area contributed by atoms with Crippen LogP contribution >= 0.6 is 0 Å². The fourth-order valence-corrected chi connectivity index (χ4v) is 8.44. The average Bonchev–Trinajstić information content (AvgIpc) is 3.31. The van der Waals surface area contributed by atoms with E-state index in [-0.39, 0.29) is 0 Å². The van der Waals surface area contributed by atoms with Gasteiger partial charge in [-0.05, 0) is 81.7 Å². The Labute approximate surface area is 340 Å². The van der Waals surface area contributed by atoms with Gasteiger partial charge in [-0.25, -0.2) is 0 Å². The Balaban J connectivity index is 1.40. The first-order valence-electron chi connectivity index (χ1n) is 19.9. The third-order valence-electron chi connectivity index (χ3n) is 11.0. The van der Waals surface area contributed by atoms with Crippen LogP contribution < -0.4 is 9.80 Å². The molecule has 2 heteroatoms. The normalized spacial score (nSPS) is 11.1. The molecule has 0 spiro atoms. The van der Waals surface area contributed by atoms with E-state index in [2.05, 4.69) is 252 Å². The number of nitrogens with zero attached hydrogens (tertiary/aromatic N) is 2. The molecule has 58 heavy (non-hydrogen) atoms. The van der Waals surface area contributed by atoms with E-state index in [0.29, 0.717) is 0 Å². The summed E-state index contributed by atoms with van der Waals surface area (Å²) in [6.45, 7) is 0. The Morgan fingerprint density at radius 3 is 1.05 bits per heavy atom. The van der Waals surface area contributed by atoms with Gasteiger partial charge in [-0.3, -0.25) is 0 Å². The molecule has 0 N–H and O–H groups in total. The van der Waals surface area contributed by atoms with Gasteiger partial charge in [0.05, 0.1) is 17.1 Å². The third-order valence-corrected chi connectivity index (χ3v) is 11.0. The van der Waals surface area contributed by atoms with Crippen molar-refractivity contribution < 1.29 is 0 Å². The summed E-state index contributed by atoms with van der Waals surface area (Å²) in [6.07, 6.45) is 0. The van der Waals surface area contributed by atoms with Crippen LogP contribution in [0, 0.1) is 0 Å². The van der Waals surface area contributed by atoms with Crippen LogP contribution in [-0.4, -0.2) is 0 Å². The summed E-state index contributed by atoms with van der Waals surface area (Å²) in [4.78, 5) is 4.92. The molecule has 0 saturated carbocycles. The lowest BCUT2D eigenvalue weighted by atomic mass is 9.88. The number of fused-ring (bicyclic) bond motifs is 2. The predicted molar refractivity (Wildman–Crippen MR) is 247 cm³/mol. The minimum Gasteiger partial charge on any atom is -0.310 e. The lowest BCUT2D eigenvalue weighted by molar-refractivity contribution is 1.28. The van der Waals surface area contributed by atoms with Gasteiger partial charge in [-0.1, -0.05) is 194 Å². The Hall–Kier alpha value is -7.68. The second-order valence-corrected chi connectivity index (χ2v) is 14.5. The van der Waals surface area contributed by atoms with E-state index in [1.165, 1.54) is 21.7 Å².